The van der Waals surface area contributed by atoms with Gasteiger partial charge in [0, 0.05) is 24.5 Å². The molecule has 1 heterocycles. The van der Waals surface area contributed by atoms with Gasteiger partial charge in [-0.3, -0.25) is 0 Å². The van der Waals surface area contributed by atoms with E-state index in [9.17, 15) is 8.42 Å². The average Bonchev–Trinajstić information content (AvgIpc) is 2.89. The van der Waals surface area contributed by atoms with Gasteiger partial charge in [0.1, 0.15) is 0 Å². The number of hydrogen-bond acceptors (Lipinski definition) is 3. The number of sulfonamides is 1. The first kappa shape index (κ1) is 15.5. The van der Waals surface area contributed by atoms with Gasteiger partial charge < -0.3 is 10.3 Å². The first-order valence-corrected chi connectivity index (χ1v) is 8.85. The highest BCUT2D eigenvalue weighted by molar-refractivity contribution is 7.89. The Morgan fingerprint density at radius 1 is 1.35 bits per heavy atom. The Morgan fingerprint density at radius 3 is 2.70 bits per heavy atom. The molecule has 1 aromatic heterocycles. The van der Waals surface area contributed by atoms with E-state index >= 15 is 0 Å². The van der Waals surface area contributed by atoms with Crippen molar-refractivity contribution in [3.63, 3.8) is 0 Å². The van der Waals surface area contributed by atoms with Crippen molar-refractivity contribution in [1.29, 1.82) is 0 Å². The largest absolute Gasteiger partial charge is 0.363 e. The Hall–Kier alpha value is -0.850. The van der Waals surface area contributed by atoms with E-state index in [-0.39, 0.29) is 6.04 Å². The van der Waals surface area contributed by atoms with Crippen molar-refractivity contribution in [2.45, 2.75) is 56.5 Å². The lowest BCUT2D eigenvalue weighted by molar-refractivity contribution is 0.303. The summed E-state index contributed by atoms with van der Waals surface area (Å²) in [5.74, 6) is 0.467. The maximum atomic E-state index is 12.4. The number of rotatable bonds is 6. The van der Waals surface area contributed by atoms with Crippen molar-refractivity contribution in [1.82, 2.24) is 15.0 Å². The van der Waals surface area contributed by atoms with Crippen molar-refractivity contribution in [3.05, 3.63) is 18.0 Å². The molecule has 2 rings (SSSR count). The standard InChI is InChI=1S/C14H25N3O2S/c1-11(12-6-4-3-5-7-12)17-20(18,19)14-8-13(9-15-2)16-10-14/h8,10-12,15-17H,3-7,9H2,1-2H3. The molecule has 1 saturated carbocycles. The molecule has 1 unspecified atom stereocenters. The molecular formula is C14H25N3O2S. The summed E-state index contributed by atoms with van der Waals surface area (Å²) in [6.07, 6.45) is 7.52. The second-order valence-electron chi connectivity index (χ2n) is 5.70. The van der Waals surface area contributed by atoms with Crippen molar-refractivity contribution in [2.24, 2.45) is 5.92 Å². The van der Waals surface area contributed by atoms with Crippen LogP contribution in [0, 0.1) is 5.92 Å². The van der Waals surface area contributed by atoms with Crippen molar-refractivity contribution >= 4 is 10.0 Å². The highest BCUT2D eigenvalue weighted by atomic mass is 32.2. The summed E-state index contributed by atoms with van der Waals surface area (Å²) < 4.78 is 27.5. The molecule has 0 spiro atoms. The monoisotopic (exact) mass is 299 g/mol. The van der Waals surface area contributed by atoms with Gasteiger partial charge in [-0.2, -0.15) is 0 Å². The fourth-order valence-corrected chi connectivity index (χ4v) is 4.24. The zero-order valence-corrected chi connectivity index (χ0v) is 13.1. The third kappa shape index (κ3) is 3.84. The van der Waals surface area contributed by atoms with Crippen LogP contribution in [0.5, 0.6) is 0 Å². The molecule has 5 nitrogen and oxygen atoms in total. The SMILES string of the molecule is CNCc1cc(S(=O)(=O)NC(C)C2CCCCC2)c[nH]1. The molecule has 1 aliphatic rings. The Kier molecular flexibility index (Phi) is 5.23. The lowest BCUT2D eigenvalue weighted by Crippen LogP contribution is -2.38. The van der Waals surface area contributed by atoms with Gasteiger partial charge in [0.05, 0.1) is 4.90 Å². The van der Waals surface area contributed by atoms with E-state index in [0.717, 1.165) is 18.5 Å². The molecule has 6 heteroatoms. The quantitative estimate of drug-likeness (QED) is 0.752. The fraction of sp³-hybridized carbons (Fsp3) is 0.714. The predicted octanol–water partition coefficient (Wildman–Crippen LogP) is 1.98. The highest BCUT2D eigenvalue weighted by Crippen LogP contribution is 2.27. The Bertz CT molecular complexity index is 518. The Labute approximate surface area is 121 Å². The van der Waals surface area contributed by atoms with Gasteiger partial charge in [-0.15, -0.1) is 0 Å². The fourth-order valence-electron chi connectivity index (χ4n) is 2.91. The lowest BCUT2D eigenvalue weighted by atomic mass is 9.85. The molecule has 0 aliphatic heterocycles. The van der Waals surface area contributed by atoms with Gasteiger partial charge in [-0.05, 0) is 38.8 Å². The van der Waals surface area contributed by atoms with E-state index in [1.165, 1.54) is 19.3 Å². The van der Waals surface area contributed by atoms with E-state index in [2.05, 4.69) is 15.0 Å². The van der Waals surface area contributed by atoms with Gasteiger partial charge in [0.25, 0.3) is 0 Å². The van der Waals surface area contributed by atoms with Gasteiger partial charge in [0.15, 0.2) is 0 Å². The summed E-state index contributed by atoms with van der Waals surface area (Å²) in [7, 11) is -1.58. The molecule has 1 aliphatic carbocycles. The minimum atomic E-state index is -3.42. The molecule has 0 radical (unpaired) electrons. The molecule has 1 fully saturated rings. The lowest BCUT2D eigenvalue weighted by Gasteiger charge is -2.27. The van der Waals surface area contributed by atoms with E-state index in [4.69, 9.17) is 0 Å². The molecule has 0 saturated heterocycles. The van der Waals surface area contributed by atoms with Crippen LogP contribution in [0.3, 0.4) is 0 Å². The van der Waals surface area contributed by atoms with Crippen molar-refractivity contribution < 1.29 is 8.42 Å². The topological polar surface area (TPSA) is 74.0 Å². The van der Waals surface area contributed by atoms with Gasteiger partial charge in [-0.25, -0.2) is 13.1 Å². The average molecular weight is 299 g/mol. The summed E-state index contributed by atoms with van der Waals surface area (Å²) in [4.78, 5) is 3.31. The van der Waals surface area contributed by atoms with Gasteiger partial charge in [-0.1, -0.05) is 19.3 Å². The van der Waals surface area contributed by atoms with E-state index in [0.29, 0.717) is 17.4 Å². The molecule has 0 bridgehead atoms. The van der Waals surface area contributed by atoms with Crippen LogP contribution in [0.25, 0.3) is 0 Å². The molecule has 20 heavy (non-hydrogen) atoms. The van der Waals surface area contributed by atoms with E-state index in [1.807, 2.05) is 14.0 Å². The Balaban J connectivity index is 2.01. The molecule has 0 aromatic carbocycles. The maximum absolute atomic E-state index is 12.4. The summed E-state index contributed by atoms with van der Waals surface area (Å²) in [6.45, 7) is 2.61. The number of aromatic nitrogens is 1. The zero-order valence-electron chi connectivity index (χ0n) is 12.3. The van der Waals surface area contributed by atoms with Crippen LogP contribution in [0.15, 0.2) is 17.2 Å². The predicted molar refractivity (Wildman–Crippen MR) is 79.9 cm³/mol. The maximum Gasteiger partial charge on any atom is 0.242 e. The minimum Gasteiger partial charge on any atom is -0.363 e. The highest BCUT2D eigenvalue weighted by Gasteiger charge is 2.25. The third-order valence-electron chi connectivity index (χ3n) is 4.09. The van der Waals surface area contributed by atoms with Gasteiger partial charge in [0.2, 0.25) is 10.0 Å². The first-order chi connectivity index (χ1) is 9.53. The van der Waals surface area contributed by atoms with Crippen LogP contribution >= 0.6 is 0 Å². The summed E-state index contributed by atoms with van der Waals surface area (Å²) >= 11 is 0. The summed E-state index contributed by atoms with van der Waals surface area (Å²) in [5, 5.41) is 2.99. The minimum absolute atomic E-state index is 0.00273. The Morgan fingerprint density at radius 2 is 2.05 bits per heavy atom. The second kappa shape index (κ2) is 6.74. The zero-order chi connectivity index (χ0) is 14.6. The van der Waals surface area contributed by atoms with Crippen molar-refractivity contribution in [2.75, 3.05) is 7.05 Å². The molecule has 114 valence electrons. The number of hydrogen-bond donors (Lipinski definition) is 3. The van der Waals surface area contributed by atoms with Gasteiger partial charge >= 0.3 is 0 Å². The normalized spacial score (nSPS) is 19.1. The number of H-pyrrole nitrogens is 1. The summed E-state index contributed by atoms with van der Waals surface area (Å²) in [5.41, 5.74) is 0.873. The van der Waals surface area contributed by atoms with Crippen LogP contribution in [-0.4, -0.2) is 26.5 Å². The van der Waals surface area contributed by atoms with E-state index in [1.54, 1.807) is 12.3 Å². The molecule has 1 atom stereocenters. The van der Waals surface area contributed by atoms with Crippen LogP contribution in [0.1, 0.15) is 44.7 Å². The molecular weight excluding hydrogens is 274 g/mol. The van der Waals surface area contributed by atoms with Crippen LogP contribution < -0.4 is 10.0 Å². The van der Waals surface area contributed by atoms with E-state index < -0.39 is 10.0 Å². The summed E-state index contributed by atoms with van der Waals surface area (Å²) in [6, 6.07) is 1.69. The molecule has 1 aromatic rings. The smallest absolute Gasteiger partial charge is 0.242 e. The first-order valence-electron chi connectivity index (χ1n) is 7.37. The van der Waals surface area contributed by atoms with Crippen LogP contribution in [0.2, 0.25) is 0 Å². The van der Waals surface area contributed by atoms with Crippen LogP contribution in [0.4, 0.5) is 0 Å². The second-order valence-corrected chi connectivity index (χ2v) is 7.41. The number of aromatic amines is 1. The van der Waals surface area contributed by atoms with Crippen LogP contribution in [-0.2, 0) is 16.6 Å². The molecule has 3 N–H and O–H groups in total. The number of nitrogens with one attached hydrogen (secondary N) is 3. The third-order valence-corrected chi connectivity index (χ3v) is 5.63. The van der Waals surface area contributed by atoms with Crippen molar-refractivity contribution in [3.8, 4) is 0 Å². The molecule has 0 amide bonds.